The first-order chi connectivity index (χ1) is 5.43. The van der Waals surface area contributed by atoms with Gasteiger partial charge < -0.3 is 15.5 Å². The van der Waals surface area contributed by atoms with E-state index in [0.717, 1.165) is 0 Å². The molecule has 0 saturated carbocycles. The van der Waals surface area contributed by atoms with Crippen LogP contribution in [-0.2, 0) is 4.57 Å². The third kappa shape index (κ3) is 1.79. The summed E-state index contributed by atoms with van der Waals surface area (Å²) >= 11 is 5.55. The highest BCUT2D eigenvalue weighted by atomic mass is 35.5. The minimum absolute atomic E-state index is 0.0625. The van der Waals surface area contributed by atoms with Crippen LogP contribution < -0.4 is 11.0 Å². The number of hydrogen-bond acceptors (Lipinski definition) is 2. The summed E-state index contributed by atoms with van der Waals surface area (Å²) in [6, 6.07) is 4.16. The number of benzene rings is 1. The third-order valence-corrected chi connectivity index (χ3v) is 2.69. The van der Waals surface area contributed by atoms with E-state index in [1.165, 1.54) is 18.2 Å². The minimum atomic E-state index is -4.29. The lowest BCUT2D eigenvalue weighted by molar-refractivity contribution is 0.387. The summed E-state index contributed by atoms with van der Waals surface area (Å²) in [5.74, 6) is 0. The maximum atomic E-state index is 10.8. The van der Waals surface area contributed by atoms with Gasteiger partial charge in [0.15, 0.2) is 0 Å². The van der Waals surface area contributed by atoms with Crippen LogP contribution in [0.5, 0.6) is 0 Å². The first-order valence-electron chi connectivity index (χ1n) is 3.03. The van der Waals surface area contributed by atoms with Gasteiger partial charge in [0.25, 0.3) is 0 Å². The largest absolute Gasteiger partial charge is 0.397 e. The molecule has 0 fully saturated rings. The first kappa shape index (κ1) is 9.55. The Bertz CT molecular complexity index is 349. The molecule has 4 nitrogen and oxygen atoms in total. The molecule has 1 rings (SSSR count). The van der Waals surface area contributed by atoms with Crippen molar-refractivity contribution in [1.82, 2.24) is 0 Å². The standard InChI is InChI=1S/C6H7ClNO3P/c7-4-2-1-3-5(6(4)8)12(9,10)11/h1-3H,8H2,(H2,9,10,11). The van der Waals surface area contributed by atoms with Crippen LogP contribution in [0.4, 0.5) is 5.69 Å². The molecule has 1 aromatic carbocycles. The molecule has 12 heavy (non-hydrogen) atoms. The van der Waals surface area contributed by atoms with Gasteiger partial charge in [-0.15, -0.1) is 0 Å². The number of nitrogens with two attached hydrogens (primary N) is 1. The fourth-order valence-corrected chi connectivity index (χ4v) is 1.73. The molecule has 6 heteroatoms. The molecule has 0 heterocycles. The third-order valence-electron chi connectivity index (χ3n) is 1.34. The molecule has 0 aliphatic heterocycles. The topological polar surface area (TPSA) is 83.6 Å². The molecule has 0 radical (unpaired) electrons. The molecule has 0 saturated heterocycles. The van der Waals surface area contributed by atoms with E-state index in [1.54, 1.807) is 0 Å². The van der Waals surface area contributed by atoms with Crippen LogP contribution in [0, 0.1) is 0 Å². The smallest absolute Gasteiger partial charge is 0.358 e. The lowest BCUT2D eigenvalue weighted by atomic mass is 10.3. The van der Waals surface area contributed by atoms with Gasteiger partial charge in [0, 0.05) is 0 Å². The summed E-state index contributed by atoms with van der Waals surface area (Å²) < 4.78 is 10.8. The van der Waals surface area contributed by atoms with Crippen molar-refractivity contribution in [2.24, 2.45) is 0 Å². The van der Waals surface area contributed by atoms with Crippen molar-refractivity contribution in [3.8, 4) is 0 Å². The van der Waals surface area contributed by atoms with E-state index in [0.29, 0.717) is 0 Å². The van der Waals surface area contributed by atoms with E-state index < -0.39 is 7.60 Å². The van der Waals surface area contributed by atoms with E-state index in [9.17, 15) is 4.57 Å². The zero-order valence-corrected chi connectivity index (χ0v) is 7.59. The summed E-state index contributed by atoms with van der Waals surface area (Å²) in [5.41, 5.74) is 5.28. The van der Waals surface area contributed by atoms with Crippen molar-refractivity contribution in [1.29, 1.82) is 0 Å². The molecule has 0 bridgehead atoms. The second kappa shape index (κ2) is 3.07. The predicted molar refractivity (Wildman–Crippen MR) is 47.5 cm³/mol. The fraction of sp³-hybridized carbons (Fsp3) is 0. The number of hydrogen-bond donors (Lipinski definition) is 3. The van der Waals surface area contributed by atoms with Crippen LogP contribution in [-0.4, -0.2) is 9.79 Å². The monoisotopic (exact) mass is 207 g/mol. The molecule has 0 atom stereocenters. The maximum absolute atomic E-state index is 10.8. The predicted octanol–water partition coefficient (Wildman–Crippen LogP) is 0.725. The molecule has 0 spiro atoms. The zero-order valence-electron chi connectivity index (χ0n) is 5.94. The molecule has 0 unspecified atom stereocenters. The summed E-state index contributed by atoms with van der Waals surface area (Å²) in [6.45, 7) is 0. The zero-order chi connectivity index (χ0) is 9.35. The molecular formula is C6H7ClNO3P. The fourth-order valence-electron chi connectivity index (χ4n) is 0.780. The van der Waals surface area contributed by atoms with Crippen molar-refractivity contribution in [2.45, 2.75) is 0 Å². The van der Waals surface area contributed by atoms with Gasteiger partial charge in [-0.25, -0.2) is 0 Å². The van der Waals surface area contributed by atoms with Gasteiger partial charge >= 0.3 is 7.60 Å². The first-order valence-corrected chi connectivity index (χ1v) is 5.02. The summed E-state index contributed by atoms with van der Waals surface area (Å²) in [7, 11) is -4.29. The summed E-state index contributed by atoms with van der Waals surface area (Å²) in [6.07, 6.45) is 0. The van der Waals surface area contributed by atoms with Crippen LogP contribution in [0.1, 0.15) is 0 Å². The Morgan fingerprint density at radius 1 is 1.42 bits per heavy atom. The number of anilines is 1. The Hall–Kier alpha value is -0.540. The van der Waals surface area contributed by atoms with E-state index in [-0.39, 0.29) is 16.0 Å². The van der Waals surface area contributed by atoms with Crippen molar-refractivity contribution in [2.75, 3.05) is 5.73 Å². The highest BCUT2D eigenvalue weighted by Crippen LogP contribution is 2.37. The SMILES string of the molecule is Nc1c(Cl)cccc1P(=O)(O)O. The lowest BCUT2D eigenvalue weighted by Gasteiger charge is -2.07. The minimum Gasteiger partial charge on any atom is -0.397 e. The molecule has 4 N–H and O–H groups in total. The van der Waals surface area contributed by atoms with Crippen LogP contribution in [0.15, 0.2) is 18.2 Å². The Morgan fingerprint density at radius 2 is 2.00 bits per heavy atom. The van der Waals surface area contributed by atoms with Crippen LogP contribution in [0.3, 0.4) is 0 Å². The van der Waals surface area contributed by atoms with Crippen molar-refractivity contribution < 1.29 is 14.4 Å². The van der Waals surface area contributed by atoms with Crippen molar-refractivity contribution in [3.63, 3.8) is 0 Å². The van der Waals surface area contributed by atoms with Gasteiger partial charge in [-0.1, -0.05) is 17.7 Å². The summed E-state index contributed by atoms with van der Waals surface area (Å²) in [4.78, 5) is 17.5. The van der Waals surface area contributed by atoms with Crippen molar-refractivity contribution in [3.05, 3.63) is 23.2 Å². The average molecular weight is 208 g/mol. The second-order valence-corrected chi connectivity index (χ2v) is 4.19. The quantitative estimate of drug-likeness (QED) is 0.468. The number of nitrogen functional groups attached to an aromatic ring is 1. The Morgan fingerprint density at radius 3 is 2.42 bits per heavy atom. The highest BCUT2D eigenvalue weighted by molar-refractivity contribution is 7.60. The Kier molecular flexibility index (Phi) is 2.44. The molecule has 0 aliphatic carbocycles. The summed E-state index contributed by atoms with van der Waals surface area (Å²) in [5, 5.41) is -0.0779. The normalized spacial score (nSPS) is 11.6. The molecule has 0 aromatic heterocycles. The molecule has 1 aromatic rings. The Balaban J connectivity index is 3.36. The van der Waals surface area contributed by atoms with Gasteiger partial charge in [0.2, 0.25) is 0 Å². The van der Waals surface area contributed by atoms with E-state index in [1.807, 2.05) is 0 Å². The number of rotatable bonds is 1. The lowest BCUT2D eigenvalue weighted by Crippen LogP contribution is -2.10. The molecule has 66 valence electrons. The van der Waals surface area contributed by atoms with Gasteiger partial charge in [0.1, 0.15) is 0 Å². The second-order valence-electron chi connectivity index (χ2n) is 2.22. The van der Waals surface area contributed by atoms with Crippen LogP contribution in [0.2, 0.25) is 5.02 Å². The van der Waals surface area contributed by atoms with Gasteiger partial charge in [-0.2, -0.15) is 0 Å². The van der Waals surface area contributed by atoms with E-state index in [4.69, 9.17) is 27.1 Å². The molecule has 0 aliphatic rings. The molecular weight excluding hydrogens is 200 g/mol. The Labute approximate surface area is 74.1 Å². The van der Waals surface area contributed by atoms with Gasteiger partial charge in [-0.3, -0.25) is 4.57 Å². The number of para-hydroxylation sites is 1. The van der Waals surface area contributed by atoms with Gasteiger partial charge in [0.05, 0.1) is 16.0 Å². The number of halogens is 1. The highest BCUT2D eigenvalue weighted by Gasteiger charge is 2.21. The molecule has 0 amide bonds. The average Bonchev–Trinajstić information content (AvgIpc) is 1.92. The van der Waals surface area contributed by atoms with Crippen molar-refractivity contribution >= 4 is 30.2 Å². The van der Waals surface area contributed by atoms with E-state index in [2.05, 4.69) is 0 Å². The van der Waals surface area contributed by atoms with Crippen LogP contribution >= 0.6 is 19.2 Å². The van der Waals surface area contributed by atoms with Gasteiger partial charge in [-0.05, 0) is 12.1 Å². The van der Waals surface area contributed by atoms with Crippen LogP contribution in [0.25, 0.3) is 0 Å². The van der Waals surface area contributed by atoms with E-state index >= 15 is 0 Å². The maximum Gasteiger partial charge on any atom is 0.358 e.